The fraction of sp³-hybridized carbons (Fsp3) is 0.750. The third kappa shape index (κ3) is 4.74. The third-order valence-electron chi connectivity index (χ3n) is 2.33. The highest BCUT2D eigenvalue weighted by molar-refractivity contribution is 7.57. The summed E-state index contributed by atoms with van der Waals surface area (Å²) in [7, 11) is -2.72. The Labute approximate surface area is 104 Å². The van der Waals surface area contributed by atoms with Gasteiger partial charge in [0.1, 0.15) is 0 Å². The Morgan fingerprint density at radius 2 is 1.53 bits per heavy atom. The summed E-state index contributed by atoms with van der Waals surface area (Å²) in [4.78, 5) is 21.7. The van der Waals surface area contributed by atoms with Crippen molar-refractivity contribution in [3.05, 3.63) is 11.4 Å². The second-order valence-electron chi connectivity index (χ2n) is 6.10. The van der Waals surface area contributed by atoms with Crippen LogP contribution in [0.25, 0.3) is 0 Å². The van der Waals surface area contributed by atoms with Gasteiger partial charge in [-0.1, -0.05) is 41.5 Å². The highest BCUT2D eigenvalue weighted by atomic mass is 31.2. The summed E-state index contributed by atoms with van der Waals surface area (Å²) in [6, 6.07) is 0. The van der Waals surface area contributed by atoms with Gasteiger partial charge in [0.25, 0.3) is 0 Å². The number of carbonyl (C=O) groups is 1. The van der Waals surface area contributed by atoms with Crippen LogP contribution in [0.1, 0.15) is 41.5 Å². The van der Waals surface area contributed by atoms with Crippen LogP contribution in [0, 0.1) is 10.8 Å². The van der Waals surface area contributed by atoms with Crippen LogP contribution < -0.4 is 0 Å². The van der Waals surface area contributed by atoms with Gasteiger partial charge in [-0.3, -0.25) is 9.36 Å². The monoisotopic (exact) mass is 262 g/mol. The summed E-state index contributed by atoms with van der Waals surface area (Å²) in [5.74, 6) is -0.186. The van der Waals surface area contributed by atoms with Crippen molar-refractivity contribution in [1.82, 2.24) is 0 Å². The molecular weight excluding hydrogens is 239 g/mol. The van der Waals surface area contributed by atoms with E-state index in [2.05, 4.69) is 4.52 Å². The molecule has 0 fully saturated rings. The predicted molar refractivity (Wildman–Crippen MR) is 68.8 cm³/mol. The molecule has 0 rings (SSSR count). The lowest BCUT2D eigenvalue weighted by Gasteiger charge is -2.26. The molecule has 0 amide bonds. The van der Waals surface area contributed by atoms with E-state index < -0.39 is 18.4 Å². The zero-order valence-corrected chi connectivity index (χ0v) is 12.6. The van der Waals surface area contributed by atoms with Crippen molar-refractivity contribution in [2.24, 2.45) is 10.8 Å². The summed E-state index contributed by atoms with van der Waals surface area (Å²) < 4.78 is 16.5. The van der Waals surface area contributed by atoms with Crippen molar-refractivity contribution < 1.29 is 18.8 Å². The number of hydrogen-bond acceptors (Lipinski definition) is 3. The van der Waals surface area contributed by atoms with E-state index in [4.69, 9.17) is 0 Å². The fourth-order valence-corrected chi connectivity index (χ4v) is 2.49. The molecule has 17 heavy (non-hydrogen) atoms. The van der Waals surface area contributed by atoms with Crippen molar-refractivity contribution in [1.29, 1.82) is 0 Å². The first-order valence-electron chi connectivity index (χ1n) is 5.48. The molecule has 0 aliphatic rings. The van der Waals surface area contributed by atoms with Crippen LogP contribution in [0.5, 0.6) is 0 Å². The minimum atomic E-state index is -3.89. The average molecular weight is 262 g/mol. The number of rotatable bonds is 3. The maximum atomic E-state index is 11.9. The quantitative estimate of drug-likeness (QED) is 0.625. The second kappa shape index (κ2) is 5.05. The van der Waals surface area contributed by atoms with Gasteiger partial charge in [-0.15, -0.1) is 0 Å². The Balaban J connectivity index is 5.62. The van der Waals surface area contributed by atoms with E-state index in [0.717, 1.165) is 0 Å². The Kier molecular flexibility index (Phi) is 4.92. The summed E-state index contributed by atoms with van der Waals surface area (Å²) in [5, 5.41) is 0.146. The molecule has 0 saturated heterocycles. The average Bonchev–Trinajstić information content (AvgIpc) is 2.09. The van der Waals surface area contributed by atoms with Gasteiger partial charge in [0.05, 0.1) is 5.31 Å². The van der Waals surface area contributed by atoms with E-state index in [1.807, 2.05) is 0 Å². The van der Waals surface area contributed by atoms with E-state index in [1.165, 1.54) is 13.2 Å². The molecule has 0 radical (unpaired) electrons. The SMILES string of the molecule is COP(=O)(O)/C(=C\C(=O)C(C)(C)C)C(C)(C)C. The number of ketones is 1. The van der Waals surface area contributed by atoms with Crippen molar-refractivity contribution in [3.8, 4) is 0 Å². The fourth-order valence-electron chi connectivity index (χ4n) is 1.16. The number of carbonyl (C=O) groups excluding carboxylic acids is 1. The first-order valence-corrected chi connectivity index (χ1v) is 7.06. The predicted octanol–water partition coefficient (Wildman–Crippen LogP) is 3.36. The molecule has 4 nitrogen and oxygen atoms in total. The zero-order chi connectivity index (χ0) is 14.1. The van der Waals surface area contributed by atoms with Crippen molar-refractivity contribution in [2.75, 3.05) is 7.11 Å². The molecule has 0 bridgehead atoms. The van der Waals surface area contributed by atoms with Gasteiger partial charge >= 0.3 is 7.60 Å². The Morgan fingerprint density at radius 3 is 1.76 bits per heavy atom. The van der Waals surface area contributed by atoms with E-state index in [-0.39, 0.29) is 11.1 Å². The van der Waals surface area contributed by atoms with Crippen LogP contribution in [-0.2, 0) is 13.9 Å². The number of hydrogen-bond donors (Lipinski definition) is 1. The zero-order valence-electron chi connectivity index (χ0n) is 11.7. The minimum absolute atomic E-state index is 0.146. The summed E-state index contributed by atoms with van der Waals surface area (Å²) >= 11 is 0. The molecule has 1 N–H and O–H groups in total. The molecule has 0 spiro atoms. The van der Waals surface area contributed by atoms with E-state index in [1.54, 1.807) is 41.5 Å². The van der Waals surface area contributed by atoms with Crippen LogP contribution in [0.15, 0.2) is 11.4 Å². The topological polar surface area (TPSA) is 63.6 Å². The van der Waals surface area contributed by atoms with Gasteiger partial charge in [0.15, 0.2) is 5.78 Å². The molecule has 0 aliphatic heterocycles. The van der Waals surface area contributed by atoms with Gasteiger partial charge in [0.2, 0.25) is 0 Å². The van der Waals surface area contributed by atoms with Gasteiger partial charge in [-0.25, -0.2) is 0 Å². The summed E-state index contributed by atoms with van der Waals surface area (Å²) in [6.45, 7) is 10.6. The van der Waals surface area contributed by atoms with Gasteiger partial charge in [0, 0.05) is 12.5 Å². The van der Waals surface area contributed by atoms with Crippen molar-refractivity contribution >= 4 is 13.4 Å². The van der Waals surface area contributed by atoms with Gasteiger partial charge < -0.3 is 9.42 Å². The highest BCUT2D eigenvalue weighted by Gasteiger charge is 2.35. The first-order chi connectivity index (χ1) is 7.32. The minimum Gasteiger partial charge on any atom is -0.321 e. The lowest BCUT2D eigenvalue weighted by Crippen LogP contribution is -2.20. The van der Waals surface area contributed by atoms with Crippen molar-refractivity contribution in [2.45, 2.75) is 41.5 Å². The maximum Gasteiger partial charge on any atom is 0.355 e. The van der Waals surface area contributed by atoms with Gasteiger partial charge in [-0.2, -0.15) is 0 Å². The Hall–Kier alpha value is -0.440. The van der Waals surface area contributed by atoms with Crippen LogP contribution >= 0.6 is 7.60 Å². The van der Waals surface area contributed by atoms with E-state index >= 15 is 0 Å². The van der Waals surface area contributed by atoms with Gasteiger partial charge in [-0.05, 0) is 11.5 Å². The van der Waals surface area contributed by atoms with E-state index in [9.17, 15) is 14.3 Å². The van der Waals surface area contributed by atoms with Crippen LogP contribution in [0.4, 0.5) is 0 Å². The molecule has 1 unspecified atom stereocenters. The summed E-state index contributed by atoms with van der Waals surface area (Å²) in [6.07, 6.45) is 1.25. The lowest BCUT2D eigenvalue weighted by molar-refractivity contribution is -0.121. The van der Waals surface area contributed by atoms with Crippen LogP contribution in [0.3, 0.4) is 0 Å². The molecule has 0 aromatic rings. The normalized spacial score (nSPS) is 17.8. The Bertz CT molecular complexity index is 369. The molecule has 0 heterocycles. The smallest absolute Gasteiger partial charge is 0.321 e. The van der Waals surface area contributed by atoms with E-state index in [0.29, 0.717) is 0 Å². The molecule has 0 aliphatic carbocycles. The molecule has 0 saturated carbocycles. The van der Waals surface area contributed by atoms with Crippen LogP contribution in [-0.4, -0.2) is 17.8 Å². The van der Waals surface area contributed by atoms with Crippen LogP contribution in [0.2, 0.25) is 0 Å². The largest absolute Gasteiger partial charge is 0.355 e. The molecule has 5 heteroatoms. The summed E-state index contributed by atoms with van der Waals surface area (Å²) in [5.41, 5.74) is -1.18. The molecule has 1 atom stereocenters. The third-order valence-corrected chi connectivity index (χ3v) is 4.23. The highest BCUT2D eigenvalue weighted by Crippen LogP contribution is 2.57. The van der Waals surface area contributed by atoms with Crippen molar-refractivity contribution in [3.63, 3.8) is 0 Å². The molecular formula is C12H23O4P. The standard InChI is InChI=1S/C12H23O4P/c1-11(2,3)9(13)8-10(12(4,5)6)17(14,15)16-7/h8H,1-7H3,(H,14,15)/b10-8-. The molecule has 0 aromatic carbocycles. The Morgan fingerprint density at radius 1 is 1.12 bits per heavy atom. The first kappa shape index (κ1) is 16.6. The molecule has 100 valence electrons. The maximum absolute atomic E-state index is 11.9. The number of allylic oxidation sites excluding steroid dienone is 2. The second-order valence-corrected chi connectivity index (χ2v) is 7.98. The molecule has 0 aromatic heterocycles. The lowest BCUT2D eigenvalue weighted by atomic mass is 9.88.